The highest BCUT2D eigenvalue weighted by Crippen LogP contribution is 2.30. The van der Waals surface area contributed by atoms with Gasteiger partial charge in [0.1, 0.15) is 11.5 Å². The van der Waals surface area contributed by atoms with Crippen LogP contribution in [0.2, 0.25) is 0 Å². The van der Waals surface area contributed by atoms with Gasteiger partial charge in [-0.3, -0.25) is 0 Å². The van der Waals surface area contributed by atoms with Crippen molar-refractivity contribution in [2.45, 2.75) is 77.9 Å². The smallest absolute Gasteiger partial charge is 0.343 e. The van der Waals surface area contributed by atoms with Crippen LogP contribution in [-0.2, 0) is 9.47 Å². The highest BCUT2D eigenvalue weighted by molar-refractivity contribution is 5.91. The first-order chi connectivity index (χ1) is 17.6. The zero-order valence-electron chi connectivity index (χ0n) is 21.7. The number of unbranched alkanes of at least 4 members (excludes halogenated alkanes) is 6. The van der Waals surface area contributed by atoms with Crippen molar-refractivity contribution >= 4 is 5.97 Å². The van der Waals surface area contributed by atoms with Crippen molar-refractivity contribution in [1.29, 1.82) is 5.26 Å². The van der Waals surface area contributed by atoms with Crippen molar-refractivity contribution in [3.05, 3.63) is 59.2 Å². The number of hydrogen-bond donors (Lipinski definition) is 0. The number of carbonyl (C=O) groups excluding carboxylic acids is 1. The lowest BCUT2D eigenvalue weighted by Gasteiger charge is -2.30. The van der Waals surface area contributed by atoms with Crippen LogP contribution in [0.15, 0.2) is 42.5 Å². The maximum atomic E-state index is 12.7. The van der Waals surface area contributed by atoms with Crippen LogP contribution in [0.3, 0.4) is 0 Å². The van der Waals surface area contributed by atoms with Crippen molar-refractivity contribution in [2.24, 2.45) is 5.92 Å². The Bertz CT molecular complexity index is 974. The van der Waals surface area contributed by atoms with Gasteiger partial charge in [0.15, 0.2) is 6.29 Å². The van der Waals surface area contributed by atoms with Gasteiger partial charge in [-0.05, 0) is 49.2 Å². The van der Waals surface area contributed by atoms with Gasteiger partial charge >= 0.3 is 5.97 Å². The topological polar surface area (TPSA) is 77.8 Å². The fourth-order valence-electron chi connectivity index (χ4n) is 4.22. The van der Waals surface area contributed by atoms with Crippen LogP contribution < -0.4 is 9.47 Å². The normalized spacial score (nSPS) is 17.4. The molecule has 1 aliphatic heterocycles. The Morgan fingerprint density at radius 3 is 2.28 bits per heavy atom. The fraction of sp³-hybridized carbons (Fsp3) is 0.533. The molecule has 36 heavy (non-hydrogen) atoms. The van der Waals surface area contributed by atoms with E-state index in [1.165, 1.54) is 51.0 Å². The molecule has 0 aromatic heterocycles. The van der Waals surface area contributed by atoms with Crippen molar-refractivity contribution in [2.75, 3.05) is 19.8 Å². The number of carbonyl (C=O) groups is 1. The van der Waals surface area contributed by atoms with Crippen molar-refractivity contribution in [3.63, 3.8) is 0 Å². The van der Waals surface area contributed by atoms with Gasteiger partial charge in [0.05, 0.1) is 37.0 Å². The maximum Gasteiger partial charge on any atom is 0.343 e. The molecule has 0 radical (unpaired) electrons. The number of nitriles is 1. The van der Waals surface area contributed by atoms with Crippen molar-refractivity contribution in [1.82, 2.24) is 0 Å². The van der Waals surface area contributed by atoms with Gasteiger partial charge in [-0.1, -0.05) is 64.9 Å². The molecule has 0 atom stereocenters. The Labute approximate surface area is 215 Å². The Morgan fingerprint density at radius 2 is 1.58 bits per heavy atom. The second-order valence-corrected chi connectivity index (χ2v) is 9.40. The molecule has 1 saturated heterocycles. The Morgan fingerprint density at radius 1 is 0.917 bits per heavy atom. The van der Waals surface area contributed by atoms with Gasteiger partial charge in [-0.2, -0.15) is 5.26 Å². The van der Waals surface area contributed by atoms with E-state index >= 15 is 0 Å². The summed E-state index contributed by atoms with van der Waals surface area (Å²) in [5.41, 5.74) is 1.29. The average molecular weight is 494 g/mol. The highest BCUT2D eigenvalue weighted by Gasteiger charge is 2.26. The van der Waals surface area contributed by atoms with E-state index in [0.717, 1.165) is 18.6 Å². The van der Waals surface area contributed by atoms with E-state index < -0.39 is 12.3 Å². The molecule has 0 aliphatic carbocycles. The second kappa shape index (κ2) is 15.3. The number of rotatable bonds is 14. The predicted octanol–water partition coefficient (Wildman–Crippen LogP) is 7.37. The number of ether oxygens (including phenoxy) is 4. The van der Waals surface area contributed by atoms with E-state index in [4.69, 9.17) is 18.9 Å². The molecule has 1 aliphatic rings. The van der Waals surface area contributed by atoms with E-state index in [9.17, 15) is 10.1 Å². The maximum absolute atomic E-state index is 12.7. The number of hydrogen-bond acceptors (Lipinski definition) is 6. The van der Waals surface area contributed by atoms with Gasteiger partial charge in [-0.25, -0.2) is 4.79 Å². The van der Waals surface area contributed by atoms with Crippen LogP contribution in [0.5, 0.6) is 11.5 Å². The van der Waals surface area contributed by atoms with Gasteiger partial charge < -0.3 is 18.9 Å². The average Bonchev–Trinajstić information content (AvgIpc) is 2.91. The summed E-state index contributed by atoms with van der Waals surface area (Å²) in [6, 6.07) is 14.1. The van der Waals surface area contributed by atoms with Crippen LogP contribution in [0, 0.1) is 17.2 Å². The van der Waals surface area contributed by atoms with E-state index in [-0.39, 0.29) is 0 Å². The number of esters is 1. The predicted molar refractivity (Wildman–Crippen MR) is 139 cm³/mol. The van der Waals surface area contributed by atoms with E-state index in [1.807, 2.05) is 0 Å². The Balaban J connectivity index is 1.50. The molecule has 0 saturated carbocycles. The van der Waals surface area contributed by atoms with Crippen LogP contribution >= 0.6 is 0 Å². The molecular formula is C30H39NO5. The quantitative estimate of drug-likeness (QED) is 0.155. The van der Waals surface area contributed by atoms with Gasteiger partial charge in [0, 0.05) is 11.5 Å². The van der Waals surface area contributed by atoms with E-state index in [1.54, 1.807) is 36.4 Å². The zero-order valence-corrected chi connectivity index (χ0v) is 21.7. The van der Waals surface area contributed by atoms with Crippen LogP contribution in [0.1, 0.15) is 99.4 Å². The van der Waals surface area contributed by atoms with Gasteiger partial charge in [-0.15, -0.1) is 0 Å². The number of nitrogens with zero attached hydrogens (tertiary/aromatic N) is 1. The summed E-state index contributed by atoms with van der Waals surface area (Å²) in [4.78, 5) is 12.7. The lowest BCUT2D eigenvalue weighted by molar-refractivity contribution is -0.206. The highest BCUT2D eigenvalue weighted by atomic mass is 16.7. The Kier molecular flexibility index (Phi) is 11.8. The largest absolute Gasteiger partial charge is 0.494 e. The lowest BCUT2D eigenvalue weighted by atomic mass is 10.0. The molecule has 1 fully saturated rings. The summed E-state index contributed by atoms with van der Waals surface area (Å²) in [6.07, 6.45) is 10.0. The second-order valence-electron chi connectivity index (χ2n) is 9.40. The molecule has 1 heterocycles. The third kappa shape index (κ3) is 8.65. The van der Waals surface area contributed by atoms with Crippen LogP contribution in [-0.4, -0.2) is 25.8 Å². The molecule has 6 heteroatoms. The standard InChI is InChI=1S/C30H39NO5/c1-3-5-7-8-10-18-33-26-13-15-27(16-14-26)36-29(32)24-12-17-28(25(19-24)20-31)30-34-21-23(22-35-30)11-9-6-4-2/h12-17,19,23,30H,3-11,18,21-22H2,1-2H3. The molecule has 6 nitrogen and oxygen atoms in total. The van der Waals surface area contributed by atoms with E-state index in [2.05, 4.69) is 19.9 Å². The molecular weight excluding hydrogens is 454 g/mol. The lowest BCUT2D eigenvalue weighted by Crippen LogP contribution is -2.27. The van der Waals surface area contributed by atoms with Crippen molar-refractivity contribution in [3.8, 4) is 17.6 Å². The molecule has 0 bridgehead atoms. The third-order valence-electron chi connectivity index (χ3n) is 6.40. The van der Waals surface area contributed by atoms with Crippen LogP contribution in [0.4, 0.5) is 0 Å². The molecule has 0 N–H and O–H groups in total. The third-order valence-corrected chi connectivity index (χ3v) is 6.40. The first-order valence-corrected chi connectivity index (χ1v) is 13.4. The van der Waals surface area contributed by atoms with Crippen LogP contribution in [0.25, 0.3) is 0 Å². The summed E-state index contributed by atoms with van der Waals surface area (Å²) in [6.45, 7) is 6.30. The van der Waals surface area contributed by atoms with Crippen molar-refractivity contribution < 1.29 is 23.7 Å². The Hall–Kier alpha value is -2.88. The SMILES string of the molecule is CCCCCCCOc1ccc(OC(=O)c2ccc(C3OCC(CCCCC)CO3)c(C#N)c2)cc1. The molecule has 0 unspecified atom stereocenters. The minimum Gasteiger partial charge on any atom is -0.494 e. The monoisotopic (exact) mass is 493 g/mol. The molecule has 2 aromatic rings. The number of benzene rings is 2. The minimum absolute atomic E-state index is 0.302. The van der Waals surface area contributed by atoms with E-state index in [0.29, 0.717) is 48.2 Å². The summed E-state index contributed by atoms with van der Waals surface area (Å²) in [5.74, 6) is 1.03. The first kappa shape index (κ1) is 27.7. The summed E-state index contributed by atoms with van der Waals surface area (Å²) in [7, 11) is 0. The fourth-order valence-corrected chi connectivity index (χ4v) is 4.22. The molecule has 194 valence electrons. The molecule has 3 rings (SSSR count). The summed E-state index contributed by atoms with van der Waals surface area (Å²) in [5, 5.41) is 9.67. The molecule has 2 aromatic carbocycles. The summed E-state index contributed by atoms with van der Waals surface area (Å²) >= 11 is 0. The minimum atomic E-state index is -0.591. The first-order valence-electron chi connectivity index (χ1n) is 13.4. The van der Waals surface area contributed by atoms with Gasteiger partial charge in [0.25, 0.3) is 0 Å². The molecule has 0 spiro atoms. The summed E-state index contributed by atoms with van der Waals surface area (Å²) < 4.78 is 23.1. The zero-order chi connectivity index (χ0) is 25.6. The molecule has 0 amide bonds. The van der Waals surface area contributed by atoms with Gasteiger partial charge in [0.2, 0.25) is 0 Å².